The van der Waals surface area contributed by atoms with E-state index < -0.39 is 6.17 Å². The van der Waals surface area contributed by atoms with Gasteiger partial charge >= 0.3 is 0 Å². The normalized spacial score (nSPS) is 15.2. The first-order chi connectivity index (χ1) is 14.4. The molecule has 2 N–H and O–H groups in total. The van der Waals surface area contributed by atoms with Crippen LogP contribution < -0.4 is 15.6 Å². The Hall–Kier alpha value is -3.32. The second-order valence-electron chi connectivity index (χ2n) is 7.20. The van der Waals surface area contributed by atoms with Crippen LogP contribution in [-0.2, 0) is 0 Å². The fourth-order valence-corrected chi connectivity index (χ4v) is 3.60. The number of rotatable bonds is 4. The van der Waals surface area contributed by atoms with Crippen molar-refractivity contribution in [1.82, 2.24) is 10.4 Å². The lowest BCUT2D eigenvalue weighted by Gasteiger charge is -2.37. The fraction of sp³-hybridized carbons (Fsp3) is 0.130. The molecule has 0 unspecified atom stereocenters. The zero-order valence-electron chi connectivity index (χ0n) is 16.6. The van der Waals surface area contributed by atoms with Gasteiger partial charge in [0.05, 0.1) is 5.56 Å². The van der Waals surface area contributed by atoms with Crippen LogP contribution in [0.4, 0.5) is 11.4 Å². The second-order valence-corrected chi connectivity index (χ2v) is 8.12. The topological polar surface area (TPSA) is 64.7 Å². The molecule has 1 atom stereocenters. The molecule has 3 aromatic carbocycles. The highest BCUT2D eigenvalue weighted by Gasteiger charge is 2.34. The standard InChI is InChI=1S/C23H21BrN4O2/c1-27(2)18-13-9-15(10-14-18)21-25-20-6-4-3-5-19(20)23(30)28(21)26-22(29)16-7-11-17(24)12-8-16/h3-14,21,25H,1-2H3,(H,26,29)/t21-/m0/s1. The van der Waals surface area contributed by atoms with E-state index in [9.17, 15) is 9.59 Å². The van der Waals surface area contributed by atoms with Crippen LogP contribution in [0, 0.1) is 0 Å². The van der Waals surface area contributed by atoms with Crippen LogP contribution in [0.1, 0.15) is 32.4 Å². The molecular formula is C23H21BrN4O2. The third kappa shape index (κ3) is 3.89. The smallest absolute Gasteiger partial charge is 0.276 e. The monoisotopic (exact) mass is 464 g/mol. The fourth-order valence-electron chi connectivity index (χ4n) is 3.33. The van der Waals surface area contributed by atoms with Crippen LogP contribution in [0.25, 0.3) is 0 Å². The molecular weight excluding hydrogens is 444 g/mol. The maximum absolute atomic E-state index is 13.3. The summed E-state index contributed by atoms with van der Waals surface area (Å²) >= 11 is 3.37. The lowest BCUT2D eigenvalue weighted by molar-refractivity contribution is 0.0491. The third-order valence-electron chi connectivity index (χ3n) is 4.98. The molecule has 1 heterocycles. The minimum absolute atomic E-state index is 0.267. The Morgan fingerprint density at radius 3 is 2.33 bits per heavy atom. The van der Waals surface area contributed by atoms with E-state index in [4.69, 9.17) is 0 Å². The van der Waals surface area contributed by atoms with Crippen LogP contribution in [0.15, 0.2) is 77.3 Å². The average Bonchev–Trinajstić information content (AvgIpc) is 2.76. The van der Waals surface area contributed by atoms with Crippen molar-refractivity contribution in [2.75, 3.05) is 24.3 Å². The lowest BCUT2D eigenvalue weighted by atomic mass is 10.0. The number of nitrogens with one attached hydrogen (secondary N) is 2. The minimum Gasteiger partial charge on any atom is -0.378 e. The van der Waals surface area contributed by atoms with Gasteiger partial charge in [-0.15, -0.1) is 0 Å². The molecule has 3 aromatic rings. The Morgan fingerprint density at radius 1 is 1.00 bits per heavy atom. The molecule has 0 bridgehead atoms. The van der Waals surface area contributed by atoms with E-state index in [1.165, 1.54) is 5.01 Å². The van der Waals surface area contributed by atoms with E-state index in [2.05, 4.69) is 26.7 Å². The van der Waals surface area contributed by atoms with Crippen LogP contribution in [-0.4, -0.2) is 30.9 Å². The van der Waals surface area contributed by atoms with Gasteiger partial charge in [0.25, 0.3) is 11.8 Å². The molecule has 2 amide bonds. The number of halogens is 1. The molecule has 0 fully saturated rings. The van der Waals surface area contributed by atoms with Crippen molar-refractivity contribution < 1.29 is 9.59 Å². The van der Waals surface area contributed by atoms with Gasteiger partial charge in [0.1, 0.15) is 6.17 Å². The van der Waals surface area contributed by atoms with E-state index in [1.54, 1.807) is 36.4 Å². The molecule has 6 nitrogen and oxygen atoms in total. The number of fused-ring (bicyclic) bond motifs is 1. The van der Waals surface area contributed by atoms with Crippen molar-refractivity contribution in [2.24, 2.45) is 0 Å². The van der Waals surface area contributed by atoms with Gasteiger partial charge in [-0.25, -0.2) is 5.01 Å². The van der Waals surface area contributed by atoms with Crippen molar-refractivity contribution in [1.29, 1.82) is 0 Å². The van der Waals surface area contributed by atoms with Crippen molar-refractivity contribution >= 4 is 39.1 Å². The number of para-hydroxylation sites is 1. The molecule has 0 saturated carbocycles. The summed E-state index contributed by atoms with van der Waals surface area (Å²) in [5, 5.41) is 4.74. The van der Waals surface area contributed by atoms with Crippen molar-refractivity contribution in [3.63, 3.8) is 0 Å². The van der Waals surface area contributed by atoms with Gasteiger partial charge in [0.2, 0.25) is 0 Å². The van der Waals surface area contributed by atoms with E-state index >= 15 is 0 Å². The number of carbonyl (C=O) groups is 2. The average molecular weight is 465 g/mol. The molecule has 1 aliphatic heterocycles. The van der Waals surface area contributed by atoms with Crippen molar-refractivity contribution in [3.05, 3.63) is 94.0 Å². The second kappa shape index (κ2) is 8.20. The minimum atomic E-state index is -0.539. The molecule has 152 valence electrons. The van der Waals surface area contributed by atoms with Gasteiger partial charge < -0.3 is 10.2 Å². The predicted molar refractivity (Wildman–Crippen MR) is 121 cm³/mol. The van der Waals surface area contributed by atoms with E-state index in [-0.39, 0.29) is 11.8 Å². The summed E-state index contributed by atoms with van der Waals surface area (Å²) < 4.78 is 0.877. The van der Waals surface area contributed by atoms with E-state index in [0.717, 1.165) is 21.4 Å². The summed E-state index contributed by atoms with van der Waals surface area (Å²) in [6, 6.07) is 22.1. The molecule has 30 heavy (non-hydrogen) atoms. The molecule has 7 heteroatoms. The van der Waals surface area contributed by atoms with Gasteiger partial charge in [-0.1, -0.05) is 40.2 Å². The predicted octanol–water partition coefficient (Wildman–Crippen LogP) is 4.43. The first kappa shape index (κ1) is 20.0. The number of hydrogen-bond acceptors (Lipinski definition) is 4. The summed E-state index contributed by atoms with van der Waals surface area (Å²) in [5.74, 6) is -0.622. The number of anilines is 2. The van der Waals surface area contributed by atoms with Gasteiger partial charge in [-0.2, -0.15) is 0 Å². The Bertz CT molecular complexity index is 1080. The molecule has 0 radical (unpaired) electrons. The van der Waals surface area contributed by atoms with Gasteiger partial charge in [-0.05, 0) is 54.1 Å². The number of amides is 2. The molecule has 1 aliphatic rings. The highest BCUT2D eigenvalue weighted by atomic mass is 79.9. The summed E-state index contributed by atoms with van der Waals surface area (Å²) in [7, 11) is 3.94. The molecule has 0 aliphatic carbocycles. The number of nitrogens with zero attached hydrogens (tertiary/aromatic N) is 2. The zero-order valence-corrected chi connectivity index (χ0v) is 18.2. The maximum atomic E-state index is 13.3. The Balaban J connectivity index is 1.69. The van der Waals surface area contributed by atoms with Crippen molar-refractivity contribution in [3.8, 4) is 0 Å². The highest BCUT2D eigenvalue weighted by Crippen LogP contribution is 2.32. The zero-order chi connectivity index (χ0) is 21.3. The van der Waals surface area contributed by atoms with Gasteiger partial charge in [0.15, 0.2) is 0 Å². The first-order valence-corrected chi connectivity index (χ1v) is 10.3. The maximum Gasteiger partial charge on any atom is 0.276 e. The van der Waals surface area contributed by atoms with Crippen LogP contribution in [0.3, 0.4) is 0 Å². The summed E-state index contributed by atoms with van der Waals surface area (Å²) in [4.78, 5) is 28.1. The molecule has 0 spiro atoms. The molecule has 0 saturated heterocycles. The van der Waals surface area contributed by atoms with Gasteiger partial charge in [0, 0.05) is 35.5 Å². The summed E-state index contributed by atoms with van der Waals surface area (Å²) in [6.45, 7) is 0. The number of hydrazine groups is 1. The first-order valence-electron chi connectivity index (χ1n) is 9.47. The largest absolute Gasteiger partial charge is 0.378 e. The lowest BCUT2D eigenvalue weighted by Crippen LogP contribution is -2.52. The van der Waals surface area contributed by atoms with Crippen LogP contribution in [0.5, 0.6) is 0 Å². The summed E-state index contributed by atoms with van der Waals surface area (Å²) in [5.41, 5.74) is 6.40. The molecule has 0 aromatic heterocycles. The van der Waals surface area contributed by atoms with E-state index in [1.807, 2.05) is 55.4 Å². The number of carbonyl (C=O) groups excluding carboxylic acids is 2. The molecule has 4 rings (SSSR count). The Morgan fingerprint density at radius 2 is 1.67 bits per heavy atom. The third-order valence-corrected chi connectivity index (χ3v) is 5.51. The van der Waals surface area contributed by atoms with Gasteiger partial charge in [-0.3, -0.25) is 15.0 Å². The van der Waals surface area contributed by atoms with Crippen LogP contribution in [0.2, 0.25) is 0 Å². The number of hydrogen-bond donors (Lipinski definition) is 2. The number of benzene rings is 3. The SMILES string of the molecule is CN(C)c1ccc([C@H]2Nc3ccccc3C(=O)N2NC(=O)c2ccc(Br)cc2)cc1. The Labute approximate surface area is 183 Å². The van der Waals surface area contributed by atoms with Crippen LogP contribution >= 0.6 is 15.9 Å². The quantitative estimate of drug-likeness (QED) is 0.599. The Kier molecular flexibility index (Phi) is 5.46. The highest BCUT2D eigenvalue weighted by molar-refractivity contribution is 9.10. The van der Waals surface area contributed by atoms with Crippen molar-refractivity contribution in [2.45, 2.75) is 6.17 Å². The summed E-state index contributed by atoms with van der Waals surface area (Å²) in [6.07, 6.45) is -0.539. The van der Waals surface area contributed by atoms with E-state index in [0.29, 0.717) is 11.1 Å².